The van der Waals surface area contributed by atoms with Gasteiger partial charge in [0.1, 0.15) is 11.4 Å². The van der Waals surface area contributed by atoms with E-state index in [9.17, 15) is 23.1 Å². The van der Waals surface area contributed by atoms with E-state index in [-0.39, 0.29) is 17.9 Å². The van der Waals surface area contributed by atoms with Crippen molar-refractivity contribution in [2.75, 3.05) is 11.4 Å². The number of aromatic amines is 1. The maximum Gasteiger partial charge on any atom is 0.451 e. The second-order valence-electron chi connectivity index (χ2n) is 8.00. The molecule has 12 heteroatoms. The van der Waals surface area contributed by atoms with Crippen LogP contribution in [0.15, 0.2) is 54.7 Å². The summed E-state index contributed by atoms with van der Waals surface area (Å²) in [5.74, 6) is -2.51. The first-order valence-electron chi connectivity index (χ1n) is 11.1. The third-order valence-electron chi connectivity index (χ3n) is 5.50. The highest BCUT2D eigenvalue weighted by atomic mass is 19.4. The summed E-state index contributed by atoms with van der Waals surface area (Å²) in [6.07, 6.45) is -2.68. The Morgan fingerprint density at radius 1 is 1.08 bits per heavy atom. The molecule has 9 nitrogen and oxygen atoms in total. The molecule has 2 aromatic carbocycles. The van der Waals surface area contributed by atoms with Crippen LogP contribution >= 0.6 is 0 Å². The highest BCUT2D eigenvalue weighted by molar-refractivity contribution is 5.93. The number of tetrazole rings is 1. The van der Waals surface area contributed by atoms with Crippen LogP contribution in [0.25, 0.3) is 22.5 Å². The number of rotatable bonds is 9. The molecule has 2 aromatic heterocycles. The average Bonchev–Trinajstić information content (AvgIpc) is 3.41. The quantitative estimate of drug-likeness (QED) is 0.337. The Hall–Kier alpha value is -4.35. The van der Waals surface area contributed by atoms with Crippen LogP contribution in [-0.2, 0) is 12.7 Å². The van der Waals surface area contributed by atoms with Crippen molar-refractivity contribution in [1.82, 2.24) is 30.6 Å². The lowest BCUT2D eigenvalue weighted by Crippen LogP contribution is -2.28. The summed E-state index contributed by atoms with van der Waals surface area (Å²) < 4.78 is 39.8. The van der Waals surface area contributed by atoms with Gasteiger partial charge in [0, 0.05) is 24.8 Å². The molecule has 0 spiro atoms. The standard InChI is InChI=1S/C24H22F3N7O2/c1-2-3-12-34(21-19(22(35)36)13-28-23(29-21)24(25,26)27)14-15-8-10-16(11-9-15)17-6-4-5-7-18(17)20-30-32-33-31-20/h4-11,13H,2-3,12,14H2,1H3,(H,35,36)(H,30,31,32,33). The summed E-state index contributed by atoms with van der Waals surface area (Å²) in [6, 6.07) is 15.0. The number of carboxylic acid groups (broad SMARTS) is 1. The Kier molecular flexibility index (Phi) is 7.23. The molecule has 36 heavy (non-hydrogen) atoms. The molecule has 4 rings (SSSR count). The first-order chi connectivity index (χ1) is 17.3. The summed E-state index contributed by atoms with van der Waals surface area (Å²) in [4.78, 5) is 20.1. The molecule has 0 aliphatic heterocycles. The fraction of sp³-hybridized carbons (Fsp3) is 0.250. The average molecular weight is 497 g/mol. The number of aromatic nitrogens is 6. The third kappa shape index (κ3) is 5.48. The van der Waals surface area contributed by atoms with Gasteiger partial charge < -0.3 is 10.0 Å². The molecule has 2 N–H and O–H groups in total. The predicted molar refractivity (Wildman–Crippen MR) is 125 cm³/mol. The Morgan fingerprint density at radius 3 is 2.42 bits per heavy atom. The molecule has 0 atom stereocenters. The molecule has 0 saturated heterocycles. The van der Waals surface area contributed by atoms with Crippen LogP contribution in [0.3, 0.4) is 0 Å². The fourth-order valence-corrected chi connectivity index (χ4v) is 3.73. The molecule has 0 amide bonds. The zero-order valence-electron chi connectivity index (χ0n) is 19.2. The minimum atomic E-state index is -4.80. The van der Waals surface area contributed by atoms with E-state index in [1.165, 1.54) is 0 Å². The van der Waals surface area contributed by atoms with E-state index >= 15 is 0 Å². The van der Waals surface area contributed by atoms with E-state index in [0.29, 0.717) is 25.0 Å². The van der Waals surface area contributed by atoms with Gasteiger partial charge in [0.15, 0.2) is 5.82 Å². The van der Waals surface area contributed by atoms with Crippen molar-refractivity contribution in [2.45, 2.75) is 32.5 Å². The maximum atomic E-state index is 13.3. The number of anilines is 1. The van der Waals surface area contributed by atoms with Gasteiger partial charge in [0.2, 0.25) is 5.82 Å². The van der Waals surface area contributed by atoms with Crippen molar-refractivity contribution >= 4 is 11.8 Å². The molecule has 0 fully saturated rings. The van der Waals surface area contributed by atoms with Crippen LogP contribution in [0.1, 0.15) is 41.5 Å². The number of benzene rings is 2. The Morgan fingerprint density at radius 2 is 1.81 bits per heavy atom. The van der Waals surface area contributed by atoms with Crippen LogP contribution in [0, 0.1) is 0 Å². The highest BCUT2D eigenvalue weighted by Crippen LogP contribution is 2.31. The first-order valence-corrected chi connectivity index (χ1v) is 11.1. The van der Waals surface area contributed by atoms with Gasteiger partial charge in [-0.25, -0.2) is 19.9 Å². The van der Waals surface area contributed by atoms with Crippen molar-refractivity contribution < 1.29 is 23.1 Å². The molecular weight excluding hydrogens is 475 g/mol. The van der Waals surface area contributed by atoms with Gasteiger partial charge in [-0.05, 0) is 33.5 Å². The van der Waals surface area contributed by atoms with Crippen LogP contribution in [-0.4, -0.2) is 48.2 Å². The number of carbonyl (C=O) groups is 1. The zero-order valence-corrected chi connectivity index (χ0v) is 19.2. The van der Waals surface area contributed by atoms with E-state index in [0.717, 1.165) is 28.7 Å². The third-order valence-corrected chi connectivity index (χ3v) is 5.50. The van der Waals surface area contributed by atoms with Gasteiger partial charge in [-0.3, -0.25) is 0 Å². The molecule has 0 saturated carbocycles. The molecule has 0 bridgehead atoms. The highest BCUT2D eigenvalue weighted by Gasteiger charge is 2.36. The SMILES string of the molecule is CCCCN(Cc1ccc(-c2ccccc2-c2nnn[nH]2)cc1)c1nc(C(F)(F)F)ncc1C(=O)O. The van der Waals surface area contributed by atoms with Crippen molar-refractivity contribution in [2.24, 2.45) is 0 Å². The van der Waals surface area contributed by atoms with Gasteiger partial charge >= 0.3 is 12.1 Å². The van der Waals surface area contributed by atoms with Gasteiger partial charge in [-0.2, -0.15) is 13.2 Å². The number of nitrogens with zero attached hydrogens (tertiary/aromatic N) is 6. The summed E-state index contributed by atoms with van der Waals surface area (Å²) in [6.45, 7) is 2.43. The largest absolute Gasteiger partial charge is 0.477 e. The summed E-state index contributed by atoms with van der Waals surface area (Å²) in [5.41, 5.74) is 2.98. The smallest absolute Gasteiger partial charge is 0.451 e. The number of nitrogens with one attached hydrogen (secondary N) is 1. The van der Waals surface area contributed by atoms with E-state index < -0.39 is 18.0 Å². The Labute approximate surface area is 204 Å². The van der Waals surface area contributed by atoms with Crippen molar-refractivity contribution in [3.8, 4) is 22.5 Å². The maximum absolute atomic E-state index is 13.3. The molecule has 0 aliphatic rings. The number of hydrogen-bond donors (Lipinski definition) is 2. The summed E-state index contributed by atoms with van der Waals surface area (Å²) in [7, 11) is 0. The fourth-order valence-electron chi connectivity index (χ4n) is 3.73. The topological polar surface area (TPSA) is 121 Å². The number of aromatic carboxylic acids is 1. The van der Waals surface area contributed by atoms with Crippen molar-refractivity contribution in [3.63, 3.8) is 0 Å². The first kappa shape index (κ1) is 24.8. The molecule has 0 aliphatic carbocycles. The second-order valence-corrected chi connectivity index (χ2v) is 8.00. The number of carboxylic acids is 1. The molecule has 186 valence electrons. The van der Waals surface area contributed by atoms with Gasteiger partial charge in [0.05, 0.1) is 0 Å². The van der Waals surface area contributed by atoms with E-state index in [2.05, 4.69) is 30.6 Å². The van der Waals surface area contributed by atoms with Crippen molar-refractivity contribution in [1.29, 1.82) is 0 Å². The van der Waals surface area contributed by atoms with Crippen LogP contribution in [0.5, 0.6) is 0 Å². The predicted octanol–water partition coefficient (Wildman–Crippen LogP) is 4.85. The summed E-state index contributed by atoms with van der Waals surface area (Å²) in [5, 5.41) is 23.5. The minimum absolute atomic E-state index is 0.169. The lowest BCUT2D eigenvalue weighted by Gasteiger charge is -2.25. The normalized spacial score (nSPS) is 11.4. The van der Waals surface area contributed by atoms with Gasteiger partial charge in [-0.1, -0.05) is 61.9 Å². The molecule has 2 heterocycles. The monoisotopic (exact) mass is 497 g/mol. The van der Waals surface area contributed by atoms with Crippen molar-refractivity contribution in [3.05, 3.63) is 71.7 Å². The number of hydrogen-bond acceptors (Lipinski definition) is 7. The number of alkyl halides is 3. The molecule has 0 radical (unpaired) electrons. The van der Waals surface area contributed by atoms with Crippen LogP contribution < -0.4 is 4.90 Å². The Bertz CT molecular complexity index is 1330. The zero-order chi connectivity index (χ0) is 25.7. The van der Waals surface area contributed by atoms with E-state index in [1.807, 2.05) is 55.5 Å². The molecular formula is C24H22F3N7O2. The Balaban J connectivity index is 1.66. The number of H-pyrrole nitrogens is 1. The second kappa shape index (κ2) is 10.5. The lowest BCUT2D eigenvalue weighted by molar-refractivity contribution is -0.144. The minimum Gasteiger partial charge on any atom is -0.477 e. The van der Waals surface area contributed by atoms with Crippen LogP contribution in [0.4, 0.5) is 19.0 Å². The van der Waals surface area contributed by atoms with Gasteiger partial charge in [-0.15, -0.1) is 5.10 Å². The molecule has 0 unspecified atom stereocenters. The van der Waals surface area contributed by atoms with E-state index in [1.54, 1.807) is 4.90 Å². The van der Waals surface area contributed by atoms with Crippen LogP contribution in [0.2, 0.25) is 0 Å². The van der Waals surface area contributed by atoms with E-state index in [4.69, 9.17) is 0 Å². The summed E-state index contributed by atoms with van der Waals surface area (Å²) >= 11 is 0. The van der Waals surface area contributed by atoms with Gasteiger partial charge in [0.25, 0.3) is 0 Å². The lowest BCUT2D eigenvalue weighted by atomic mass is 9.98. The number of unbranched alkanes of at least 4 members (excludes halogenated alkanes) is 1. The molecule has 4 aromatic rings. The number of halogens is 3.